The summed E-state index contributed by atoms with van der Waals surface area (Å²) in [6.07, 6.45) is 8.06. The third-order valence-electron chi connectivity index (χ3n) is 4.88. The number of likely N-dealkylation sites (tertiary alicyclic amines) is 1. The smallest absolute Gasteiger partial charge is 0.227 e. The standard InChI is InChI=1S/C21H22N4O3/c26-20(25-10-2-1-8-19(25)21-23-15-28-24-21)12-16-5-3-7-18(11-16)27-14-17-6-4-9-22-13-17/h3-7,9,11,13,15,19H,1-2,8,10,12,14H2. The second-order valence-corrected chi connectivity index (χ2v) is 6.86. The zero-order valence-corrected chi connectivity index (χ0v) is 15.5. The molecule has 1 fully saturated rings. The van der Waals surface area contributed by atoms with Crippen LogP contribution in [0.3, 0.4) is 0 Å². The highest BCUT2D eigenvalue weighted by Gasteiger charge is 2.30. The zero-order chi connectivity index (χ0) is 19.2. The van der Waals surface area contributed by atoms with Gasteiger partial charge < -0.3 is 14.2 Å². The summed E-state index contributed by atoms with van der Waals surface area (Å²) < 4.78 is 10.7. The molecule has 1 aromatic carbocycles. The van der Waals surface area contributed by atoms with Gasteiger partial charge in [0.1, 0.15) is 12.4 Å². The van der Waals surface area contributed by atoms with Crippen LogP contribution in [0.25, 0.3) is 0 Å². The quantitative estimate of drug-likeness (QED) is 0.654. The lowest BCUT2D eigenvalue weighted by Gasteiger charge is -2.34. The Kier molecular flexibility index (Phi) is 5.61. The van der Waals surface area contributed by atoms with Crippen molar-refractivity contribution in [2.24, 2.45) is 0 Å². The minimum atomic E-state index is -0.106. The van der Waals surface area contributed by atoms with Crippen molar-refractivity contribution in [2.75, 3.05) is 6.54 Å². The predicted octanol–water partition coefficient (Wildman–Crippen LogP) is 3.34. The fraction of sp³-hybridized carbons (Fsp3) is 0.333. The Balaban J connectivity index is 1.41. The number of ether oxygens (including phenoxy) is 1. The second-order valence-electron chi connectivity index (χ2n) is 6.86. The van der Waals surface area contributed by atoms with Crippen molar-refractivity contribution in [1.82, 2.24) is 20.0 Å². The molecule has 7 nitrogen and oxygen atoms in total. The molecule has 1 atom stereocenters. The number of rotatable bonds is 6. The van der Waals surface area contributed by atoms with Gasteiger partial charge in [-0.1, -0.05) is 23.4 Å². The van der Waals surface area contributed by atoms with Crippen molar-refractivity contribution in [3.8, 4) is 5.75 Å². The van der Waals surface area contributed by atoms with Crippen LogP contribution in [-0.4, -0.2) is 32.5 Å². The van der Waals surface area contributed by atoms with Crippen LogP contribution in [0.1, 0.15) is 42.3 Å². The van der Waals surface area contributed by atoms with Crippen molar-refractivity contribution < 1.29 is 14.1 Å². The Morgan fingerprint density at radius 1 is 1.21 bits per heavy atom. The van der Waals surface area contributed by atoms with Crippen molar-refractivity contribution in [1.29, 1.82) is 0 Å². The first-order chi connectivity index (χ1) is 13.8. The van der Waals surface area contributed by atoms with Gasteiger partial charge in [-0.3, -0.25) is 9.78 Å². The Labute approximate surface area is 163 Å². The highest BCUT2D eigenvalue weighted by Crippen LogP contribution is 2.29. The first kappa shape index (κ1) is 18.2. The van der Waals surface area contributed by atoms with Crippen LogP contribution in [0, 0.1) is 0 Å². The van der Waals surface area contributed by atoms with E-state index in [0.717, 1.165) is 42.7 Å². The number of benzene rings is 1. The van der Waals surface area contributed by atoms with Gasteiger partial charge in [-0.05, 0) is 43.0 Å². The second kappa shape index (κ2) is 8.65. The van der Waals surface area contributed by atoms with Crippen LogP contribution in [0.2, 0.25) is 0 Å². The van der Waals surface area contributed by atoms with E-state index in [1.165, 1.54) is 6.39 Å². The number of piperidine rings is 1. The maximum absolute atomic E-state index is 13.0. The zero-order valence-electron chi connectivity index (χ0n) is 15.5. The molecule has 28 heavy (non-hydrogen) atoms. The molecule has 0 aliphatic carbocycles. The highest BCUT2D eigenvalue weighted by atomic mass is 16.5. The number of hydrogen-bond donors (Lipinski definition) is 0. The van der Waals surface area contributed by atoms with Crippen LogP contribution in [0.15, 0.2) is 59.7 Å². The van der Waals surface area contributed by atoms with Gasteiger partial charge in [0.2, 0.25) is 12.3 Å². The molecule has 0 bridgehead atoms. The molecule has 0 spiro atoms. The van der Waals surface area contributed by atoms with E-state index in [-0.39, 0.29) is 11.9 Å². The Bertz CT molecular complexity index is 899. The molecule has 1 unspecified atom stereocenters. The summed E-state index contributed by atoms with van der Waals surface area (Å²) in [6, 6.07) is 11.4. The molecule has 144 valence electrons. The fourth-order valence-electron chi connectivity index (χ4n) is 3.50. The summed E-state index contributed by atoms with van der Waals surface area (Å²) in [7, 11) is 0. The average Bonchev–Trinajstić information content (AvgIpc) is 3.28. The molecule has 1 amide bonds. The maximum Gasteiger partial charge on any atom is 0.227 e. The molecule has 0 saturated carbocycles. The van der Waals surface area contributed by atoms with Gasteiger partial charge in [-0.2, -0.15) is 4.98 Å². The molecular formula is C21H22N4O3. The van der Waals surface area contributed by atoms with Crippen molar-refractivity contribution >= 4 is 5.91 Å². The van der Waals surface area contributed by atoms with Gasteiger partial charge >= 0.3 is 0 Å². The number of hydrogen-bond acceptors (Lipinski definition) is 6. The van der Waals surface area contributed by atoms with E-state index in [1.807, 2.05) is 41.3 Å². The molecule has 7 heteroatoms. The van der Waals surface area contributed by atoms with E-state index in [2.05, 4.69) is 15.1 Å². The lowest BCUT2D eigenvalue weighted by Crippen LogP contribution is -2.39. The lowest BCUT2D eigenvalue weighted by molar-refractivity contribution is -0.134. The van der Waals surface area contributed by atoms with E-state index in [9.17, 15) is 4.79 Å². The van der Waals surface area contributed by atoms with Crippen LogP contribution in [-0.2, 0) is 17.8 Å². The maximum atomic E-state index is 13.0. The molecular weight excluding hydrogens is 356 g/mol. The number of amides is 1. The number of nitrogens with zero attached hydrogens (tertiary/aromatic N) is 4. The molecule has 0 radical (unpaired) electrons. The SMILES string of the molecule is O=C(Cc1cccc(OCc2cccnc2)c1)N1CCCCC1c1ncon1. The molecule has 1 aliphatic heterocycles. The minimum Gasteiger partial charge on any atom is -0.489 e. The third-order valence-corrected chi connectivity index (χ3v) is 4.88. The number of aromatic nitrogens is 3. The van der Waals surface area contributed by atoms with E-state index in [0.29, 0.717) is 18.9 Å². The van der Waals surface area contributed by atoms with E-state index < -0.39 is 0 Å². The molecule has 1 saturated heterocycles. The summed E-state index contributed by atoms with van der Waals surface area (Å²) in [6.45, 7) is 1.16. The van der Waals surface area contributed by atoms with Crippen LogP contribution < -0.4 is 4.74 Å². The molecule has 3 heterocycles. The van der Waals surface area contributed by atoms with Crippen molar-refractivity contribution in [3.05, 3.63) is 72.1 Å². The summed E-state index contributed by atoms with van der Waals surface area (Å²) in [5.74, 6) is 1.39. The summed E-state index contributed by atoms with van der Waals surface area (Å²) >= 11 is 0. The fourth-order valence-corrected chi connectivity index (χ4v) is 3.50. The largest absolute Gasteiger partial charge is 0.489 e. The van der Waals surface area contributed by atoms with Crippen LogP contribution in [0.4, 0.5) is 0 Å². The van der Waals surface area contributed by atoms with Crippen LogP contribution in [0.5, 0.6) is 5.75 Å². The summed E-state index contributed by atoms with van der Waals surface area (Å²) in [5, 5.41) is 3.94. The predicted molar refractivity (Wildman–Crippen MR) is 101 cm³/mol. The normalized spacial score (nSPS) is 16.7. The van der Waals surface area contributed by atoms with E-state index in [1.54, 1.807) is 12.4 Å². The van der Waals surface area contributed by atoms with Gasteiger partial charge in [0.25, 0.3) is 0 Å². The van der Waals surface area contributed by atoms with Crippen molar-refractivity contribution in [2.45, 2.75) is 38.3 Å². The summed E-state index contributed by atoms with van der Waals surface area (Å²) in [5.41, 5.74) is 1.92. The molecule has 1 aliphatic rings. The van der Waals surface area contributed by atoms with Gasteiger partial charge in [0, 0.05) is 24.5 Å². The van der Waals surface area contributed by atoms with Crippen molar-refractivity contribution in [3.63, 3.8) is 0 Å². The monoisotopic (exact) mass is 378 g/mol. The van der Waals surface area contributed by atoms with Gasteiger partial charge in [0.15, 0.2) is 5.82 Å². The van der Waals surface area contributed by atoms with Gasteiger partial charge in [-0.15, -0.1) is 0 Å². The highest BCUT2D eigenvalue weighted by molar-refractivity contribution is 5.79. The molecule has 2 aromatic heterocycles. The number of carbonyl (C=O) groups is 1. The minimum absolute atomic E-state index is 0.0684. The number of pyridine rings is 1. The Morgan fingerprint density at radius 3 is 2.96 bits per heavy atom. The Hall–Kier alpha value is -3.22. The topological polar surface area (TPSA) is 81.4 Å². The molecule has 4 rings (SSSR count). The molecule has 0 N–H and O–H groups in total. The first-order valence-electron chi connectivity index (χ1n) is 9.46. The van der Waals surface area contributed by atoms with E-state index in [4.69, 9.17) is 9.26 Å². The van der Waals surface area contributed by atoms with Crippen LogP contribution >= 0.6 is 0 Å². The lowest BCUT2D eigenvalue weighted by atomic mass is 10.00. The molecule has 3 aromatic rings. The summed E-state index contributed by atoms with van der Waals surface area (Å²) in [4.78, 5) is 23.1. The van der Waals surface area contributed by atoms with Gasteiger partial charge in [0.05, 0.1) is 12.5 Å². The average molecular weight is 378 g/mol. The third kappa shape index (κ3) is 4.36. The van der Waals surface area contributed by atoms with Gasteiger partial charge in [-0.25, -0.2) is 0 Å². The number of carbonyl (C=O) groups excluding carboxylic acids is 1. The Morgan fingerprint density at radius 2 is 2.14 bits per heavy atom. The first-order valence-corrected chi connectivity index (χ1v) is 9.46. The van der Waals surface area contributed by atoms with E-state index >= 15 is 0 Å².